The van der Waals surface area contributed by atoms with Crippen LogP contribution in [0, 0.1) is 5.82 Å². The van der Waals surface area contributed by atoms with E-state index in [1.165, 1.54) is 0 Å². The summed E-state index contributed by atoms with van der Waals surface area (Å²) >= 11 is 5.42. The summed E-state index contributed by atoms with van der Waals surface area (Å²) < 4.78 is 50.0. The minimum atomic E-state index is -4.72. The van der Waals surface area contributed by atoms with Gasteiger partial charge in [0.05, 0.1) is 11.7 Å². The molecule has 0 bridgehead atoms. The molecule has 1 unspecified atom stereocenters. The van der Waals surface area contributed by atoms with Crippen LogP contribution in [0.5, 0.6) is 0 Å². The van der Waals surface area contributed by atoms with Crippen LogP contribution >= 0.6 is 11.6 Å². The third kappa shape index (κ3) is 3.85. The van der Waals surface area contributed by atoms with Crippen molar-refractivity contribution >= 4 is 11.6 Å². The Bertz CT molecular complexity index is 378. The molecule has 0 aliphatic rings. The molecule has 6 heteroatoms. The van der Waals surface area contributed by atoms with Crippen LogP contribution in [0.15, 0.2) is 18.2 Å². The van der Waals surface area contributed by atoms with Crippen LogP contribution < -0.4 is 0 Å². The SMILES string of the molecule is OC(CCCCl)c1ccc(C(F)(F)F)c(F)c1. The van der Waals surface area contributed by atoms with Gasteiger partial charge in [0, 0.05) is 5.88 Å². The molecule has 1 aromatic rings. The van der Waals surface area contributed by atoms with Crippen LogP contribution in [0.2, 0.25) is 0 Å². The van der Waals surface area contributed by atoms with Crippen molar-refractivity contribution in [1.82, 2.24) is 0 Å². The molecule has 96 valence electrons. The normalized spacial score (nSPS) is 13.8. The van der Waals surface area contributed by atoms with Crippen molar-refractivity contribution < 1.29 is 22.7 Å². The quantitative estimate of drug-likeness (QED) is 0.650. The molecule has 1 atom stereocenters. The van der Waals surface area contributed by atoms with Gasteiger partial charge in [-0.05, 0) is 30.5 Å². The first kappa shape index (κ1) is 14.3. The van der Waals surface area contributed by atoms with Crippen molar-refractivity contribution in [3.63, 3.8) is 0 Å². The van der Waals surface area contributed by atoms with Gasteiger partial charge in [-0.1, -0.05) is 6.07 Å². The number of hydrogen-bond acceptors (Lipinski definition) is 1. The molecule has 0 aromatic heterocycles. The van der Waals surface area contributed by atoms with E-state index >= 15 is 0 Å². The maximum Gasteiger partial charge on any atom is 0.419 e. The molecule has 0 heterocycles. The van der Waals surface area contributed by atoms with Crippen LogP contribution in [0.25, 0.3) is 0 Å². The maximum atomic E-state index is 13.2. The number of hydrogen-bond donors (Lipinski definition) is 1. The fourth-order valence-electron chi connectivity index (χ4n) is 1.41. The second-order valence-corrected chi connectivity index (χ2v) is 3.96. The second-order valence-electron chi connectivity index (χ2n) is 3.58. The van der Waals surface area contributed by atoms with Crippen LogP contribution in [-0.2, 0) is 6.18 Å². The molecule has 0 aliphatic carbocycles. The first-order chi connectivity index (χ1) is 7.86. The average molecular weight is 271 g/mol. The van der Waals surface area contributed by atoms with Gasteiger partial charge in [0.1, 0.15) is 5.82 Å². The van der Waals surface area contributed by atoms with Gasteiger partial charge in [0.2, 0.25) is 0 Å². The number of alkyl halides is 4. The Kier molecular flexibility index (Phi) is 4.77. The Morgan fingerprint density at radius 3 is 2.41 bits per heavy atom. The fourth-order valence-corrected chi connectivity index (χ4v) is 1.56. The lowest BCUT2D eigenvalue weighted by molar-refractivity contribution is -0.140. The molecule has 17 heavy (non-hydrogen) atoms. The summed E-state index contributed by atoms with van der Waals surface area (Å²) in [6, 6.07) is 2.42. The van der Waals surface area contributed by atoms with Crippen LogP contribution in [0.4, 0.5) is 17.6 Å². The van der Waals surface area contributed by atoms with Gasteiger partial charge in [-0.25, -0.2) is 4.39 Å². The van der Waals surface area contributed by atoms with E-state index in [1.54, 1.807) is 0 Å². The Balaban J connectivity index is 2.89. The monoisotopic (exact) mass is 270 g/mol. The van der Waals surface area contributed by atoms with Crippen molar-refractivity contribution in [3.8, 4) is 0 Å². The molecule has 0 spiro atoms. The molecule has 0 saturated carbocycles. The molecular formula is C11H11ClF4O. The lowest BCUT2D eigenvalue weighted by Crippen LogP contribution is -2.09. The van der Waals surface area contributed by atoms with Gasteiger partial charge in [-0.2, -0.15) is 13.2 Å². The fraction of sp³-hybridized carbons (Fsp3) is 0.455. The van der Waals surface area contributed by atoms with E-state index in [0.29, 0.717) is 24.4 Å². The number of benzene rings is 1. The summed E-state index contributed by atoms with van der Waals surface area (Å²) in [5, 5.41) is 9.56. The number of aliphatic hydroxyl groups is 1. The van der Waals surface area contributed by atoms with Crippen molar-refractivity contribution in [1.29, 1.82) is 0 Å². The van der Waals surface area contributed by atoms with Crippen molar-refractivity contribution in [2.75, 3.05) is 5.88 Å². The lowest BCUT2D eigenvalue weighted by atomic mass is 10.0. The zero-order valence-corrected chi connectivity index (χ0v) is 9.52. The molecule has 1 nitrogen and oxygen atoms in total. The molecule has 0 fully saturated rings. The highest BCUT2D eigenvalue weighted by molar-refractivity contribution is 6.17. The summed E-state index contributed by atoms with van der Waals surface area (Å²) in [5.74, 6) is -1.04. The smallest absolute Gasteiger partial charge is 0.388 e. The van der Waals surface area contributed by atoms with Crippen LogP contribution in [0.1, 0.15) is 30.1 Å². The molecule has 1 rings (SSSR count). The minimum Gasteiger partial charge on any atom is -0.388 e. The van der Waals surface area contributed by atoms with Crippen molar-refractivity contribution in [2.24, 2.45) is 0 Å². The predicted octanol–water partition coefficient (Wildman–Crippen LogP) is 3.90. The van der Waals surface area contributed by atoms with Crippen molar-refractivity contribution in [3.05, 3.63) is 35.1 Å². The highest BCUT2D eigenvalue weighted by Crippen LogP contribution is 2.32. The second kappa shape index (κ2) is 5.69. The highest BCUT2D eigenvalue weighted by Gasteiger charge is 2.34. The Morgan fingerprint density at radius 2 is 1.94 bits per heavy atom. The molecule has 0 amide bonds. The largest absolute Gasteiger partial charge is 0.419 e. The van der Waals surface area contributed by atoms with Gasteiger partial charge < -0.3 is 5.11 Å². The zero-order valence-electron chi connectivity index (χ0n) is 8.77. The number of halogens is 5. The summed E-state index contributed by atoms with van der Waals surface area (Å²) in [4.78, 5) is 0. The summed E-state index contributed by atoms with van der Waals surface area (Å²) in [5.41, 5.74) is -1.20. The Morgan fingerprint density at radius 1 is 1.29 bits per heavy atom. The topological polar surface area (TPSA) is 20.2 Å². The highest BCUT2D eigenvalue weighted by atomic mass is 35.5. The zero-order chi connectivity index (χ0) is 13.1. The molecule has 1 N–H and O–H groups in total. The predicted molar refractivity (Wildman–Crippen MR) is 56.3 cm³/mol. The van der Waals surface area contributed by atoms with Gasteiger partial charge >= 0.3 is 6.18 Å². The van der Waals surface area contributed by atoms with Crippen molar-refractivity contribution in [2.45, 2.75) is 25.1 Å². The third-order valence-electron chi connectivity index (χ3n) is 2.29. The molecule has 1 aromatic carbocycles. The number of aliphatic hydroxyl groups excluding tert-OH is 1. The van der Waals surface area contributed by atoms with Crippen LogP contribution in [0.3, 0.4) is 0 Å². The summed E-state index contributed by atoms with van der Waals surface area (Å²) in [6.45, 7) is 0. The van der Waals surface area contributed by atoms with Crippen LogP contribution in [-0.4, -0.2) is 11.0 Å². The van der Waals surface area contributed by atoms with E-state index in [1.807, 2.05) is 0 Å². The maximum absolute atomic E-state index is 13.2. The third-order valence-corrected chi connectivity index (χ3v) is 2.56. The van der Waals surface area contributed by atoms with E-state index in [-0.39, 0.29) is 12.0 Å². The summed E-state index contributed by atoms with van der Waals surface area (Å²) in [7, 11) is 0. The first-order valence-corrected chi connectivity index (χ1v) is 5.50. The Hall–Kier alpha value is -0.810. The molecule has 0 radical (unpaired) electrons. The van der Waals surface area contributed by atoms with Gasteiger partial charge in [0.25, 0.3) is 0 Å². The minimum absolute atomic E-state index is 0.126. The average Bonchev–Trinajstić information content (AvgIpc) is 2.23. The van der Waals surface area contributed by atoms with Gasteiger partial charge in [0.15, 0.2) is 0 Å². The molecule has 0 saturated heterocycles. The molecular weight excluding hydrogens is 260 g/mol. The number of rotatable bonds is 4. The van der Waals surface area contributed by atoms with E-state index in [2.05, 4.69) is 0 Å². The Labute approximate surface area is 101 Å². The standard InChI is InChI=1S/C11H11ClF4O/c12-5-1-2-10(17)7-3-4-8(9(13)6-7)11(14,15)16/h3-4,6,10,17H,1-2,5H2. The van der Waals surface area contributed by atoms with E-state index in [0.717, 1.165) is 6.07 Å². The lowest BCUT2D eigenvalue weighted by Gasteiger charge is -2.13. The molecule has 0 aliphatic heterocycles. The first-order valence-electron chi connectivity index (χ1n) is 4.97. The van der Waals surface area contributed by atoms with Gasteiger partial charge in [-0.3, -0.25) is 0 Å². The van der Waals surface area contributed by atoms with E-state index < -0.39 is 23.7 Å². The van der Waals surface area contributed by atoms with E-state index in [9.17, 15) is 22.7 Å². The summed E-state index contributed by atoms with van der Waals surface area (Å²) in [6.07, 6.45) is -4.92. The van der Waals surface area contributed by atoms with Gasteiger partial charge in [-0.15, -0.1) is 11.6 Å². The van der Waals surface area contributed by atoms with E-state index in [4.69, 9.17) is 11.6 Å².